The average Bonchev–Trinajstić information content (AvgIpc) is 2.45. The van der Waals surface area contributed by atoms with Crippen molar-refractivity contribution in [2.75, 3.05) is 27.2 Å². The molecule has 0 aromatic heterocycles. The minimum absolute atomic E-state index is 0.128. The fraction of sp³-hybridized carbons (Fsp3) is 0.333. The van der Waals surface area contributed by atoms with Crippen molar-refractivity contribution in [1.29, 1.82) is 0 Å². The molecule has 0 aliphatic carbocycles. The van der Waals surface area contributed by atoms with Gasteiger partial charge in [-0.25, -0.2) is 14.2 Å². The molecule has 0 fully saturated rings. The molecule has 22 heavy (non-hydrogen) atoms. The quantitative estimate of drug-likeness (QED) is 0.360. The monoisotopic (exact) mass is 327 g/mol. The number of benzene rings is 1. The van der Waals surface area contributed by atoms with E-state index in [2.05, 4.69) is 12.2 Å². The Hall–Kier alpha value is -1.89. The molecule has 0 saturated carbocycles. The van der Waals surface area contributed by atoms with Crippen molar-refractivity contribution in [2.24, 2.45) is 0 Å². The van der Waals surface area contributed by atoms with Crippen molar-refractivity contribution in [3.63, 3.8) is 0 Å². The predicted octanol–water partition coefficient (Wildman–Crippen LogP) is 2.11. The number of hydrogen-bond acceptors (Lipinski definition) is 5. The summed E-state index contributed by atoms with van der Waals surface area (Å²) >= 11 is 5.75. The second-order valence-corrected chi connectivity index (χ2v) is 5.75. The minimum atomic E-state index is -0.526. The summed E-state index contributed by atoms with van der Waals surface area (Å²) in [6, 6.07) is 6.35. The van der Waals surface area contributed by atoms with Crippen LogP contribution in [0, 0.1) is 0 Å². The summed E-state index contributed by atoms with van der Waals surface area (Å²) < 4.78 is 5.12. The van der Waals surface area contributed by atoms with Gasteiger partial charge in [0.2, 0.25) is 0 Å². The first-order valence-electron chi connectivity index (χ1n) is 6.61. The molecular weight excluding hydrogens is 308 g/mol. The Labute approximate surface area is 134 Å². The molecule has 0 saturated heterocycles. The summed E-state index contributed by atoms with van der Waals surface area (Å²) in [5.74, 6) is -0.972. The molecule has 0 atom stereocenters. The number of carbonyl (C=O) groups excluding carboxylic acids is 2. The third kappa shape index (κ3) is 6.26. The fourth-order valence-electron chi connectivity index (χ4n) is 1.35. The van der Waals surface area contributed by atoms with Crippen LogP contribution in [0.25, 0.3) is 0 Å². The first-order chi connectivity index (χ1) is 10.2. The summed E-state index contributed by atoms with van der Waals surface area (Å²) in [5, 5.41) is 0.542. The van der Waals surface area contributed by atoms with E-state index in [4.69, 9.17) is 21.2 Å². The fourth-order valence-corrected chi connectivity index (χ4v) is 1.47. The molecule has 0 bridgehead atoms. The van der Waals surface area contributed by atoms with Crippen molar-refractivity contribution in [1.82, 2.24) is 5.59 Å². The largest absolute Gasteiger partial charge is 0.456 e. The number of nitrogens with one attached hydrogen (secondary N) is 1. The number of hydrogen-bond donors (Lipinski definition) is 1. The Balaban J connectivity index is 2.41. The van der Waals surface area contributed by atoms with Gasteiger partial charge in [0.15, 0.2) is 0 Å². The Morgan fingerprint density at radius 1 is 1.27 bits per heavy atom. The minimum Gasteiger partial charge on any atom is -0.456 e. The number of ether oxygens (including phenoxy) is 1. The van der Waals surface area contributed by atoms with Crippen LogP contribution in [0.2, 0.25) is 5.02 Å². The van der Waals surface area contributed by atoms with Crippen molar-refractivity contribution in [2.45, 2.75) is 6.92 Å². The van der Waals surface area contributed by atoms with E-state index in [0.717, 1.165) is 0 Å². The second-order valence-electron chi connectivity index (χ2n) is 5.31. The van der Waals surface area contributed by atoms with Crippen LogP contribution in [0.15, 0.2) is 36.4 Å². The molecule has 0 spiro atoms. The zero-order valence-corrected chi connectivity index (χ0v) is 13.6. The van der Waals surface area contributed by atoms with E-state index in [1.165, 1.54) is 0 Å². The molecule has 1 aromatic rings. The Morgan fingerprint density at radius 2 is 1.86 bits per heavy atom. The zero-order chi connectivity index (χ0) is 16.8. The molecule has 0 unspecified atom stereocenters. The van der Waals surface area contributed by atoms with Gasteiger partial charge in [-0.2, -0.15) is 0 Å². The standard InChI is InChI=1S/C15H20ClN2O4/c1-11(2)14(19)21-10-9-18(3,4)17-22-15(20)12-5-7-13(16)8-6-12/h5-8,17H,1,9-10H2,2-4H3/q+1. The van der Waals surface area contributed by atoms with Crippen LogP contribution in [-0.2, 0) is 14.4 Å². The van der Waals surface area contributed by atoms with E-state index in [0.29, 0.717) is 22.7 Å². The van der Waals surface area contributed by atoms with Crippen molar-refractivity contribution < 1.29 is 23.8 Å². The lowest BCUT2D eigenvalue weighted by atomic mass is 10.2. The highest BCUT2D eigenvalue weighted by molar-refractivity contribution is 6.30. The normalized spacial score (nSPS) is 10.9. The number of nitrogens with zero attached hydrogens (tertiary/aromatic N) is 1. The maximum Gasteiger partial charge on any atom is 0.362 e. The number of esters is 1. The van der Waals surface area contributed by atoms with Crippen LogP contribution in [0.3, 0.4) is 0 Å². The van der Waals surface area contributed by atoms with Gasteiger partial charge in [-0.3, -0.25) is 0 Å². The first-order valence-corrected chi connectivity index (χ1v) is 6.99. The predicted molar refractivity (Wildman–Crippen MR) is 82.8 cm³/mol. The number of likely N-dealkylation sites (N-methyl/N-ethyl adjacent to an activating group) is 1. The SMILES string of the molecule is C=C(C)C(=O)OCC[N+](C)(C)NOC(=O)c1ccc(Cl)cc1. The maximum atomic E-state index is 11.8. The van der Waals surface area contributed by atoms with Gasteiger partial charge in [0, 0.05) is 16.2 Å². The molecule has 1 rings (SSSR count). The molecular formula is C15H20ClN2O4+. The summed E-state index contributed by atoms with van der Waals surface area (Å²) in [6.45, 7) is 5.65. The summed E-state index contributed by atoms with van der Waals surface area (Å²) in [6.07, 6.45) is 0. The zero-order valence-electron chi connectivity index (χ0n) is 12.9. The van der Waals surface area contributed by atoms with E-state index in [1.54, 1.807) is 45.3 Å². The molecule has 120 valence electrons. The van der Waals surface area contributed by atoms with Crippen LogP contribution < -0.4 is 5.59 Å². The van der Waals surface area contributed by atoms with E-state index in [-0.39, 0.29) is 11.2 Å². The molecule has 6 nitrogen and oxygen atoms in total. The van der Waals surface area contributed by atoms with Crippen LogP contribution in [-0.4, -0.2) is 43.8 Å². The van der Waals surface area contributed by atoms with E-state index in [1.807, 2.05) is 0 Å². The summed E-state index contributed by atoms with van der Waals surface area (Å²) in [7, 11) is 3.54. The first kappa shape index (κ1) is 18.2. The number of quaternary nitrogens is 1. The Morgan fingerprint density at radius 3 is 2.41 bits per heavy atom. The lowest BCUT2D eigenvalue weighted by Crippen LogP contribution is -2.54. The second kappa shape index (κ2) is 7.93. The number of halogens is 1. The van der Waals surface area contributed by atoms with Crippen molar-refractivity contribution >= 4 is 23.5 Å². The highest BCUT2D eigenvalue weighted by atomic mass is 35.5. The lowest BCUT2D eigenvalue weighted by molar-refractivity contribution is -0.958. The molecule has 0 radical (unpaired) electrons. The molecule has 0 aliphatic heterocycles. The van der Waals surface area contributed by atoms with E-state index in [9.17, 15) is 9.59 Å². The highest BCUT2D eigenvalue weighted by Crippen LogP contribution is 2.10. The number of carbonyl (C=O) groups is 2. The van der Waals surface area contributed by atoms with Crippen LogP contribution in [0.5, 0.6) is 0 Å². The molecule has 0 amide bonds. The van der Waals surface area contributed by atoms with Crippen molar-refractivity contribution in [3.8, 4) is 0 Å². The van der Waals surface area contributed by atoms with E-state index >= 15 is 0 Å². The molecule has 7 heteroatoms. The Kier molecular flexibility index (Phi) is 6.55. The van der Waals surface area contributed by atoms with Gasteiger partial charge in [-0.1, -0.05) is 18.2 Å². The molecule has 0 heterocycles. The maximum absolute atomic E-state index is 11.8. The topological polar surface area (TPSA) is 64.6 Å². The van der Waals surface area contributed by atoms with Gasteiger partial charge < -0.3 is 9.57 Å². The molecule has 0 aliphatic rings. The van der Waals surface area contributed by atoms with Crippen LogP contribution >= 0.6 is 11.6 Å². The third-order valence-electron chi connectivity index (χ3n) is 2.70. The molecule has 1 N–H and O–H groups in total. The number of rotatable bonds is 7. The van der Waals surface area contributed by atoms with Gasteiger partial charge in [-0.15, -0.1) is 0 Å². The van der Waals surface area contributed by atoms with Crippen LogP contribution in [0.1, 0.15) is 17.3 Å². The Bertz CT molecular complexity index is 555. The summed E-state index contributed by atoms with van der Waals surface area (Å²) in [4.78, 5) is 28.1. The molecule has 1 aromatic carbocycles. The highest BCUT2D eigenvalue weighted by Gasteiger charge is 2.19. The van der Waals surface area contributed by atoms with Gasteiger partial charge in [-0.05, 0) is 31.2 Å². The van der Waals surface area contributed by atoms with Gasteiger partial charge >= 0.3 is 11.9 Å². The van der Waals surface area contributed by atoms with Gasteiger partial charge in [0.1, 0.15) is 13.2 Å². The van der Waals surface area contributed by atoms with Crippen LogP contribution in [0.4, 0.5) is 0 Å². The lowest BCUT2D eigenvalue weighted by Gasteiger charge is -2.27. The smallest absolute Gasteiger partial charge is 0.362 e. The third-order valence-corrected chi connectivity index (χ3v) is 2.95. The van der Waals surface area contributed by atoms with E-state index < -0.39 is 11.9 Å². The van der Waals surface area contributed by atoms with Gasteiger partial charge in [0.05, 0.1) is 19.7 Å². The van der Waals surface area contributed by atoms with Gasteiger partial charge in [0.25, 0.3) is 0 Å². The van der Waals surface area contributed by atoms with Crippen molar-refractivity contribution in [3.05, 3.63) is 47.0 Å². The summed E-state index contributed by atoms with van der Waals surface area (Å²) in [5.41, 5.74) is 3.34. The average molecular weight is 328 g/mol.